The van der Waals surface area contributed by atoms with Crippen LogP contribution in [0, 0.1) is 0 Å². The molecule has 0 amide bonds. The molecule has 0 aliphatic carbocycles. The van der Waals surface area contributed by atoms with E-state index in [4.69, 9.17) is 5.73 Å². The van der Waals surface area contributed by atoms with Gasteiger partial charge in [0.25, 0.3) is 0 Å². The van der Waals surface area contributed by atoms with Gasteiger partial charge in [-0.2, -0.15) is 11.8 Å². The summed E-state index contributed by atoms with van der Waals surface area (Å²) < 4.78 is 0.178. The van der Waals surface area contributed by atoms with Crippen molar-refractivity contribution in [3.05, 3.63) is 0 Å². The molecule has 0 aliphatic heterocycles. The average Bonchev–Trinajstić information content (AvgIpc) is 2.16. The number of thioether (sulfide) groups is 1. The Morgan fingerprint density at radius 1 is 1.47 bits per heavy atom. The standard InChI is InChI=1S/C10H23N3S.HI/c1-5-6-7-12-9(11)13-8-10(2,3)14-4;/h5-8H2,1-4H3,(H3,11,12,13);1H. The van der Waals surface area contributed by atoms with Crippen LogP contribution in [0.5, 0.6) is 0 Å². The summed E-state index contributed by atoms with van der Waals surface area (Å²) in [6.45, 7) is 8.18. The van der Waals surface area contributed by atoms with Crippen molar-refractivity contribution in [3.63, 3.8) is 0 Å². The second-order valence-electron chi connectivity index (χ2n) is 3.95. The molecular formula is C10H24IN3S. The summed E-state index contributed by atoms with van der Waals surface area (Å²) in [6, 6.07) is 0. The number of unbranched alkanes of at least 4 members (excludes halogenated alkanes) is 1. The lowest BCUT2D eigenvalue weighted by Gasteiger charge is -2.19. The molecule has 0 aromatic rings. The highest BCUT2D eigenvalue weighted by molar-refractivity contribution is 14.0. The van der Waals surface area contributed by atoms with E-state index < -0.39 is 0 Å². The third-order valence-electron chi connectivity index (χ3n) is 2.02. The number of rotatable bonds is 6. The van der Waals surface area contributed by atoms with Crippen LogP contribution in [-0.2, 0) is 0 Å². The minimum Gasteiger partial charge on any atom is -0.370 e. The van der Waals surface area contributed by atoms with Crippen LogP contribution in [0.15, 0.2) is 4.99 Å². The number of hydrogen-bond donors (Lipinski definition) is 2. The third-order valence-corrected chi connectivity index (χ3v) is 3.25. The molecule has 0 aliphatic rings. The van der Waals surface area contributed by atoms with Gasteiger partial charge in [-0.3, -0.25) is 4.99 Å². The zero-order valence-electron chi connectivity index (χ0n) is 10.2. The maximum absolute atomic E-state index is 5.71. The van der Waals surface area contributed by atoms with Gasteiger partial charge in [-0.1, -0.05) is 13.3 Å². The van der Waals surface area contributed by atoms with E-state index in [0.717, 1.165) is 19.5 Å². The Hall–Kier alpha value is 0.350. The molecular weight excluding hydrogens is 321 g/mol. The lowest BCUT2D eigenvalue weighted by molar-refractivity contribution is 0.711. The fraction of sp³-hybridized carbons (Fsp3) is 0.900. The molecule has 0 unspecified atom stereocenters. The van der Waals surface area contributed by atoms with Crippen molar-refractivity contribution in [3.8, 4) is 0 Å². The Bertz CT molecular complexity index is 184. The summed E-state index contributed by atoms with van der Waals surface area (Å²) in [6.07, 6.45) is 4.41. The van der Waals surface area contributed by atoms with Crippen LogP contribution in [0.2, 0.25) is 0 Å². The largest absolute Gasteiger partial charge is 0.370 e. The van der Waals surface area contributed by atoms with Gasteiger partial charge in [0.1, 0.15) is 0 Å². The first-order valence-electron chi connectivity index (χ1n) is 5.11. The highest BCUT2D eigenvalue weighted by Gasteiger charge is 2.14. The minimum absolute atomic E-state index is 0. The Morgan fingerprint density at radius 2 is 2.07 bits per heavy atom. The second-order valence-corrected chi connectivity index (χ2v) is 5.46. The fourth-order valence-electron chi connectivity index (χ4n) is 0.789. The van der Waals surface area contributed by atoms with Gasteiger partial charge < -0.3 is 11.1 Å². The molecule has 5 heteroatoms. The maximum Gasteiger partial charge on any atom is 0.188 e. The monoisotopic (exact) mass is 345 g/mol. The van der Waals surface area contributed by atoms with Gasteiger partial charge in [0.2, 0.25) is 0 Å². The van der Waals surface area contributed by atoms with E-state index in [1.807, 2.05) is 11.8 Å². The molecule has 0 saturated carbocycles. The number of nitrogens with two attached hydrogens (primary N) is 1. The minimum atomic E-state index is 0. The van der Waals surface area contributed by atoms with Crippen molar-refractivity contribution in [2.45, 2.75) is 38.4 Å². The van der Waals surface area contributed by atoms with Crippen molar-refractivity contribution in [1.29, 1.82) is 0 Å². The Labute approximate surface area is 115 Å². The van der Waals surface area contributed by atoms with Crippen LogP contribution >= 0.6 is 35.7 Å². The molecule has 92 valence electrons. The van der Waals surface area contributed by atoms with E-state index >= 15 is 0 Å². The van der Waals surface area contributed by atoms with E-state index in [1.165, 1.54) is 6.42 Å². The number of aliphatic imine (C=N–C) groups is 1. The van der Waals surface area contributed by atoms with Gasteiger partial charge in [-0.25, -0.2) is 0 Å². The molecule has 0 aromatic carbocycles. The Balaban J connectivity index is 0. The molecule has 0 bridgehead atoms. The number of hydrogen-bond acceptors (Lipinski definition) is 2. The van der Waals surface area contributed by atoms with Crippen LogP contribution in [0.1, 0.15) is 33.6 Å². The van der Waals surface area contributed by atoms with Gasteiger partial charge >= 0.3 is 0 Å². The van der Waals surface area contributed by atoms with Crippen LogP contribution < -0.4 is 11.1 Å². The van der Waals surface area contributed by atoms with Gasteiger partial charge in [-0.05, 0) is 26.5 Å². The Kier molecular flexibility index (Phi) is 11.3. The summed E-state index contributed by atoms with van der Waals surface area (Å²) in [4.78, 5) is 4.30. The van der Waals surface area contributed by atoms with Crippen LogP contribution in [-0.4, -0.2) is 30.1 Å². The normalized spacial score (nSPS) is 12.1. The number of nitrogens with zero attached hydrogens (tertiary/aromatic N) is 1. The van der Waals surface area contributed by atoms with E-state index in [1.54, 1.807) is 0 Å². The van der Waals surface area contributed by atoms with E-state index in [2.05, 4.69) is 37.3 Å². The molecule has 0 atom stereocenters. The average molecular weight is 345 g/mol. The summed E-state index contributed by atoms with van der Waals surface area (Å²) in [5.41, 5.74) is 5.71. The summed E-state index contributed by atoms with van der Waals surface area (Å²) in [7, 11) is 0. The van der Waals surface area contributed by atoms with E-state index in [-0.39, 0.29) is 28.7 Å². The van der Waals surface area contributed by atoms with Gasteiger partial charge in [-0.15, -0.1) is 24.0 Å². The molecule has 15 heavy (non-hydrogen) atoms. The van der Waals surface area contributed by atoms with Crippen molar-refractivity contribution in [2.24, 2.45) is 10.7 Å². The highest BCUT2D eigenvalue weighted by atomic mass is 127. The SMILES string of the molecule is CCCCNC(N)=NCC(C)(C)SC.I. The van der Waals surface area contributed by atoms with Gasteiger partial charge in [0.15, 0.2) is 5.96 Å². The number of nitrogens with one attached hydrogen (secondary N) is 1. The van der Waals surface area contributed by atoms with Gasteiger partial charge in [0.05, 0.1) is 6.54 Å². The summed E-state index contributed by atoms with van der Waals surface area (Å²) >= 11 is 1.81. The number of guanidine groups is 1. The summed E-state index contributed by atoms with van der Waals surface area (Å²) in [5.74, 6) is 0.570. The first kappa shape index (κ1) is 17.7. The quantitative estimate of drug-likeness (QED) is 0.337. The van der Waals surface area contributed by atoms with E-state index in [0.29, 0.717) is 5.96 Å². The highest BCUT2D eigenvalue weighted by Crippen LogP contribution is 2.20. The smallest absolute Gasteiger partial charge is 0.188 e. The third kappa shape index (κ3) is 10.6. The molecule has 3 nitrogen and oxygen atoms in total. The van der Waals surface area contributed by atoms with Crippen LogP contribution in [0.25, 0.3) is 0 Å². The molecule has 0 fully saturated rings. The zero-order valence-corrected chi connectivity index (χ0v) is 13.3. The molecule has 0 heterocycles. The predicted molar refractivity (Wildman–Crippen MR) is 82.4 cm³/mol. The van der Waals surface area contributed by atoms with Crippen LogP contribution in [0.4, 0.5) is 0 Å². The first-order chi connectivity index (χ1) is 6.52. The van der Waals surface area contributed by atoms with Crippen molar-refractivity contribution >= 4 is 41.7 Å². The van der Waals surface area contributed by atoms with Gasteiger partial charge in [0, 0.05) is 11.3 Å². The molecule has 0 rings (SSSR count). The zero-order chi connectivity index (χ0) is 11.0. The second kappa shape index (κ2) is 9.57. The Morgan fingerprint density at radius 3 is 2.53 bits per heavy atom. The van der Waals surface area contributed by atoms with Crippen molar-refractivity contribution < 1.29 is 0 Å². The molecule has 0 spiro atoms. The molecule has 0 aromatic heterocycles. The fourth-order valence-corrected chi connectivity index (χ4v) is 0.983. The van der Waals surface area contributed by atoms with Crippen molar-refractivity contribution in [1.82, 2.24) is 5.32 Å². The summed E-state index contributed by atoms with van der Waals surface area (Å²) in [5, 5.41) is 3.10. The van der Waals surface area contributed by atoms with E-state index in [9.17, 15) is 0 Å². The molecule has 0 saturated heterocycles. The maximum atomic E-state index is 5.71. The molecule has 3 N–H and O–H groups in total. The first-order valence-corrected chi connectivity index (χ1v) is 6.33. The number of halogens is 1. The lowest BCUT2D eigenvalue weighted by Crippen LogP contribution is -2.34. The predicted octanol–water partition coefficient (Wildman–Crippen LogP) is 2.45. The van der Waals surface area contributed by atoms with Crippen molar-refractivity contribution in [2.75, 3.05) is 19.3 Å². The van der Waals surface area contributed by atoms with Crippen LogP contribution in [0.3, 0.4) is 0 Å². The lowest BCUT2D eigenvalue weighted by atomic mass is 10.2. The topological polar surface area (TPSA) is 50.4 Å². The molecule has 0 radical (unpaired) electrons.